The number of aryl methyl sites for hydroxylation is 1. The van der Waals surface area contributed by atoms with Gasteiger partial charge in [0, 0.05) is 41.9 Å². The molecule has 0 saturated heterocycles. The summed E-state index contributed by atoms with van der Waals surface area (Å²) >= 11 is 0. The molecule has 0 radical (unpaired) electrons. The van der Waals surface area contributed by atoms with Crippen molar-refractivity contribution in [1.29, 1.82) is 0 Å². The summed E-state index contributed by atoms with van der Waals surface area (Å²) in [6, 6.07) is 6.08. The first-order valence-corrected chi connectivity index (χ1v) is 7.02. The third-order valence-electron chi connectivity index (χ3n) is 4.04. The van der Waals surface area contributed by atoms with Crippen molar-refractivity contribution in [3.8, 4) is 0 Å². The molecule has 0 unspecified atom stereocenters. The van der Waals surface area contributed by atoms with E-state index in [1.807, 2.05) is 31.1 Å². The largest absolute Gasteiger partial charge is 0.378 e. The first-order chi connectivity index (χ1) is 9.16. The molecule has 1 aliphatic carbocycles. The lowest BCUT2D eigenvalue weighted by atomic mass is 10.0. The summed E-state index contributed by atoms with van der Waals surface area (Å²) in [6.45, 7) is 0. The fraction of sp³-hybridized carbons (Fsp3) is 0.438. The Morgan fingerprint density at radius 1 is 1.11 bits per heavy atom. The maximum Gasteiger partial charge on any atom is 0.192 e. The van der Waals surface area contributed by atoms with Gasteiger partial charge in [-0.05, 0) is 43.9 Å². The molecule has 0 bridgehead atoms. The Hall–Kier alpha value is -1.77. The van der Waals surface area contributed by atoms with Gasteiger partial charge in [-0.2, -0.15) is 0 Å². The van der Waals surface area contributed by atoms with Crippen molar-refractivity contribution in [2.45, 2.75) is 32.1 Å². The summed E-state index contributed by atoms with van der Waals surface area (Å²) in [5, 5.41) is 0.826. The molecule has 0 fully saturated rings. The molecule has 19 heavy (non-hydrogen) atoms. The number of aromatic nitrogens is 1. The van der Waals surface area contributed by atoms with E-state index in [0.29, 0.717) is 0 Å². The van der Waals surface area contributed by atoms with Gasteiger partial charge < -0.3 is 9.88 Å². The Morgan fingerprint density at radius 3 is 2.68 bits per heavy atom. The molecule has 100 valence electrons. The van der Waals surface area contributed by atoms with Gasteiger partial charge in [0.25, 0.3) is 0 Å². The van der Waals surface area contributed by atoms with E-state index >= 15 is 0 Å². The molecule has 1 aromatic carbocycles. The normalized spacial score (nSPS) is 15.1. The molecule has 3 rings (SSSR count). The molecule has 0 saturated carbocycles. The highest BCUT2D eigenvalue weighted by Gasteiger charge is 2.14. The van der Waals surface area contributed by atoms with E-state index in [1.54, 1.807) is 0 Å². The van der Waals surface area contributed by atoms with Crippen molar-refractivity contribution in [2.75, 3.05) is 19.0 Å². The van der Waals surface area contributed by atoms with Crippen LogP contribution >= 0.6 is 0 Å². The average molecular weight is 256 g/mol. The smallest absolute Gasteiger partial charge is 0.192 e. The molecule has 3 nitrogen and oxygen atoms in total. The van der Waals surface area contributed by atoms with E-state index in [9.17, 15) is 4.79 Å². The van der Waals surface area contributed by atoms with Gasteiger partial charge in [0.15, 0.2) is 5.43 Å². The van der Waals surface area contributed by atoms with Crippen LogP contribution in [0.25, 0.3) is 10.9 Å². The summed E-state index contributed by atoms with van der Waals surface area (Å²) < 4.78 is 0. The zero-order valence-electron chi connectivity index (χ0n) is 11.6. The van der Waals surface area contributed by atoms with Crippen LogP contribution in [0.2, 0.25) is 0 Å². The van der Waals surface area contributed by atoms with Gasteiger partial charge in [-0.15, -0.1) is 0 Å². The lowest BCUT2D eigenvalue weighted by Crippen LogP contribution is -2.15. The minimum atomic E-state index is 0.231. The number of anilines is 1. The number of fused-ring (bicyclic) bond motifs is 2. The second-order valence-electron chi connectivity index (χ2n) is 5.60. The van der Waals surface area contributed by atoms with E-state index in [2.05, 4.69) is 11.1 Å². The maximum absolute atomic E-state index is 12.7. The molecule has 1 aliphatic rings. The predicted octanol–water partition coefficient (Wildman–Crippen LogP) is 2.86. The summed E-state index contributed by atoms with van der Waals surface area (Å²) in [5.74, 6) is 0. The second-order valence-corrected chi connectivity index (χ2v) is 5.60. The highest BCUT2D eigenvalue weighted by Crippen LogP contribution is 2.22. The molecule has 0 amide bonds. The number of rotatable bonds is 1. The molecular formula is C16H20N2O. The van der Waals surface area contributed by atoms with E-state index < -0.39 is 0 Å². The quantitative estimate of drug-likeness (QED) is 0.796. The summed E-state index contributed by atoms with van der Waals surface area (Å²) in [7, 11) is 4.00. The van der Waals surface area contributed by atoms with Crippen molar-refractivity contribution >= 4 is 16.6 Å². The predicted molar refractivity (Wildman–Crippen MR) is 80.2 cm³/mol. The Balaban J connectivity index is 2.26. The van der Waals surface area contributed by atoms with E-state index in [4.69, 9.17) is 0 Å². The fourth-order valence-electron chi connectivity index (χ4n) is 2.90. The molecule has 1 aromatic heterocycles. The second kappa shape index (κ2) is 4.72. The van der Waals surface area contributed by atoms with Gasteiger partial charge in [0.1, 0.15) is 0 Å². The molecule has 1 heterocycles. The first kappa shape index (κ1) is 12.3. The van der Waals surface area contributed by atoms with Crippen LogP contribution in [0.15, 0.2) is 23.0 Å². The van der Waals surface area contributed by atoms with Gasteiger partial charge in [0.05, 0.1) is 0 Å². The molecule has 0 spiro atoms. The lowest BCUT2D eigenvalue weighted by Gasteiger charge is -2.14. The Bertz CT molecular complexity index is 670. The number of nitrogens with one attached hydrogen (secondary N) is 1. The van der Waals surface area contributed by atoms with Crippen LogP contribution in [0, 0.1) is 0 Å². The Kier molecular flexibility index (Phi) is 3.05. The Labute approximate surface area is 113 Å². The zero-order valence-corrected chi connectivity index (χ0v) is 11.6. The lowest BCUT2D eigenvalue weighted by molar-refractivity contribution is 0.708. The zero-order chi connectivity index (χ0) is 13.4. The number of benzene rings is 1. The molecular weight excluding hydrogens is 236 g/mol. The van der Waals surface area contributed by atoms with Gasteiger partial charge in [-0.3, -0.25) is 4.79 Å². The number of pyridine rings is 1. The highest BCUT2D eigenvalue weighted by atomic mass is 16.1. The monoisotopic (exact) mass is 256 g/mol. The van der Waals surface area contributed by atoms with Crippen LogP contribution in [0.5, 0.6) is 0 Å². The van der Waals surface area contributed by atoms with Gasteiger partial charge in [-0.1, -0.05) is 6.42 Å². The minimum absolute atomic E-state index is 0.231. The number of nitrogens with zero attached hydrogens (tertiary/aromatic N) is 1. The van der Waals surface area contributed by atoms with Crippen LogP contribution in [0.3, 0.4) is 0 Å². The summed E-state index contributed by atoms with van der Waals surface area (Å²) in [6.07, 6.45) is 5.48. The van der Waals surface area contributed by atoms with Gasteiger partial charge >= 0.3 is 0 Å². The molecule has 3 heteroatoms. The van der Waals surface area contributed by atoms with Crippen LogP contribution in [0.1, 0.15) is 30.5 Å². The molecule has 0 atom stereocenters. The number of hydrogen-bond donors (Lipinski definition) is 1. The molecule has 0 aliphatic heterocycles. The van der Waals surface area contributed by atoms with Crippen molar-refractivity contribution in [3.05, 3.63) is 39.7 Å². The SMILES string of the molecule is CN(C)c1ccc2[nH]c3c(c(=O)c2c1)CCCCC3. The van der Waals surface area contributed by atoms with Gasteiger partial charge in [0.2, 0.25) is 0 Å². The van der Waals surface area contributed by atoms with Crippen LogP contribution in [-0.2, 0) is 12.8 Å². The van der Waals surface area contributed by atoms with E-state index in [-0.39, 0.29) is 5.43 Å². The number of H-pyrrole nitrogens is 1. The van der Waals surface area contributed by atoms with Gasteiger partial charge in [-0.25, -0.2) is 0 Å². The van der Waals surface area contributed by atoms with E-state index in [0.717, 1.165) is 47.1 Å². The van der Waals surface area contributed by atoms with Crippen molar-refractivity contribution in [2.24, 2.45) is 0 Å². The molecule has 2 aromatic rings. The summed E-state index contributed by atoms with van der Waals surface area (Å²) in [4.78, 5) is 18.2. The molecule has 1 N–H and O–H groups in total. The van der Waals surface area contributed by atoms with E-state index in [1.165, 1.54) is 12.8 Å². The summed E-state index contributed by atoms with van der Waals surface area (Å²) in [5.41, 5.74) is 4.45. The fourth-order valence-corrected chi connectivity index (χ4v) is 2.90. The van der Waals surface area contributed by atoms with Crippen molar-refractivity contribution in [3.63, 3.8) is 0 Å². The number of aromatic amines is 1. The minimum Gasteiger partial charge on any atom is -0.378 e. The standard InChI is InChI=1S/C16H20N2O/c1-18(2)11-8-9-15-13(10-11)16(19)12-6-4-3-5-7-14(12)17-15/h8-10H,3-7H2,1-2H3,(H,17,19). The highest BCUT2D eigenvalue weighted by molar-refractivity contribution is 5.83. The van der Waals surface area contributed by atoms with Crippen molar-refractivity contribution in [1.82, 2.24) is 4.98 Å². The van der Waals surface area contributed by atoms with Crippen molar-refractivity contribution < 1.29 is 0 Å². The maximum atomic E-state index is 12.7. The van der Waals surface area contributed by atoms with Crippen LogP contribution < -0.4 is 10.3 Å². The van der Waals surface area contributed by atoms with Crippen LogP contribution in [0.4, 0.5) is 5.69 Å². The first-order valence-electron chi connectivity index (χ1n) is 7.02. The third kappa shape index (κ3) is 2.14. The van der Waals surface area contributed by atoms with Crippen LogP contribution in [-0.4, -0.2) is 19.1 Å². The third-order valence-corrected chi connectivity index (χ3v) is 4.04. The number of hydrogen-bond acceptors (Lipinski definition) is 2. The average Bonchev–Trinajstić information content (AvgIpc) is 2.64. The topological polar surface area (TPSA) is 36.1 Å². The Morgan fingerprint density at radius 2 is 1.89 bits per heavy atom.